The van der Waals surface area contributed by atoms with E-state index in [2.05, 4.69) is 15.0 Å². The van der Waals surface area contributed by atoms with Gasteiger partial charge in [-0.05, 0) is 17.5 Å². The number of hydrogen-bond donors (Lipinski definition) is 0. The number of carbonyl (C=O) groups is 1. The summed E-state index contributed by atoms with van der Waals surface area (Å²) in [4.78, 5) is 20.0. The van der Waals surface area contributed by atoms with Gasteiger partial charge in [-0.25, -0.2) is 0 Å². The van der Waals surface area contributed by atoms with Gasteiger partial charge >= 0.3 is 0 Å². The van der Waals surface area contributed by atoms with Gasteiger partial charge in [-0.2, -0.15) is 0 Å². The first-order valence-electron chi connectivity index (χ1n) is 5.13. The van der Waals surface area contributed by atoms with E-state index in [0.717, 1.165) is 0 Å². The maximum absolute atomic E-state index is 11.8. The maximum atomic E-state index is 11.8. The van der Waals surface area contributed by atoms with E-state index in [4.69, 9.17) is 17.1 Å². The van der Waals surface area contributed by atoms with Crippen molar-refractivity contribution >= 4 is 23.2 Å². The van der Waals surface area contributed by atoms with E-state index in [1.165, 1.54) is 6.20 Å². The molecule has 2 rings (SSSR count). The van der Waals surface area contributed by atoms with Crippen LogP contribution < -0.4 is 4.90 Å². The molecule has 2 heterocycles. The lowest BCUT2D eigenvalue weighted by molar-refractivity contribution is -0.117. The Morgan fingerprint density at radius 3 is 3.24 bits per heavy atom. The molecule has 1 atom stereocenters. The lowest BCUT2D eigenvalue weighted by Gasteiger charge is -2.17. The molecule has 1 amide bonds. The van der Waals surface area contributed by atoms with E-state index in [9.17, 15) is 4.79 Å². The molecule has 1 saturated heterocycles. The molecule has 1 aliphatic heterocycles. The Hall–Kier alpha value is -1.78. The predicted octanol–water partition coefficient (Wildman–Crippen LogP) is 2.40. The average molecular weight is 252 g/mol. The fourth-order valence-electron chi connectivity index (χ4n) is 1.88. The minimum absolute atomic E-state index is 0.00348. The molecule has 7 heteroatoms. The molecular formula is C10H10ClN5O. The van der Waals surface area contributed by atoms with Crippen molar-refractivity contribution in [3.05, 3.63) is 33.9 Å². The number of rotatable bonds is 3. The van der Waals surface area contributed by atoms with Crippen LogP contribution in [0.5, 0.6) is 0 Å². The average Bonchev–Trinajstić information content (AvgIpc) is 2.68. The predicted molar refractivity (Wildman–Crippen MR) is 63.7 cm³/mol. The Kier molecular flexibility index (Phi) is 3.46. The van der Waals surface area contributed by atoms with Crippen LogP contribution in [0, 0.1) is 5.92 Å². The number of nitrogens with zero attached hydrogens (tertiary/aromatic N) is 5. The second-order valence-electron chi connectivity index (χ2n) is 3.82. The maximum Gasteiger partial charge on any atom is 0.227 e. The van der Waals surface area contributed by atoms with Gasteiger partial charge in [-0.1, -0.05) is 16.7 Å². The number of amides is 1. The van der Waals surface area contributed by atoms with Crippen LogP contribution in [-0.2, 0) is 4.79 Å². The van der Waals surface area contributed by atoms with Gasteiger partial charge in [0.25, 0.3) is 0 Å². The minimum Gasteiger partial charge on any atom is -0.311 e. The summed E-state index contributed by atoms with van der Waals surface area (Å²) in [5.74, 6) is 0.0545. The van der Waals surface area contributed by atoms with E-state index in [0.29, 0.717) is 30.2 Å². The Bertz CT molecular complexity index is 485. The molecule has 0 spiro atoms. The number of azide groups is 1. The van der Waals surface area contributed by atoms with Crippen molar-refractivity contribution in [2.75, 3.05) is 18.0 Å². The van der Waals surface area contributed by atoms with Crippen molar-refractivity contribution in [3.63, 3.8) is 0 Å². The summed E-state index contributed by atoms with van der Waals surface area (Å²) in [7, 11) is 0. The number of aromatic nitrogens is 1. The quantitative estimate of drug-likeness (QED) is 0.469. The molecule has 1 aromatic rings. The summed E-state index contributed by atoms with van der Waals surface area (Å²) in [6.45, 7) is 0.864. The second kappa shape index (κ2) is 5.03. The van der Waals surface area contributed by atoms with Gasteiger partial charge in [0.1, 0.15) is 0 Å². The number of pyridine rings is 1. The first-order chi connectivity index (χ1) is 8.22. The number of hydrogen-bond acceptors (Lipinski definition) is 3. The highest BCUT2D eigenvalue weighted by Crippen LogP contribution is 2.30. The molecule has 1 fully saturated rings. The van der Waals surface area contributed by atoms with Crippen LogP contribution in [0.3, 0.4) is 0 Å². The number of anilines is 1. The van der Waals surface area contributed by atoms with E-state index in [1.807, 2.05) is 0 Å². The standard InChI is InChI=1S/C10H10ClN5O/c11-8-5-13-2-1-9(8)16-6-7(3-10(16)17)4-14-15-12/h1-2,5,7H,3-4,6H2. The summed E-state index contributed by atoms with van der Waals surface area (Å²) in [5, 5.41) is 3.94. The van der Waals surface area contributed by atoms with E-state index in [-0.39, 0.29) is 11.8 Å². The van der Waals surface area contributed by atoms with Gasteiger partial charge in [0.05, 0.1) is 10.7 Å². The zero-order chi connectivity index (χ0) is 12.3. The number of carbonyl (C=O) groups excluding carboxylic acids is 1. The van der Waals surface area contributed by atoms with Crippen LogP contribution in [0.2, 0.25) is 5.02 Å². The van der Waals surface area contributed by atoms with Crippen LogP contribution in [0.4, 0.5) is 5.69 Å². The second-order valence-corrected chi connectivity index (χ2v) is 4.22. The third kappa shape index (κ3) is 2.49. The normalized spacial score (nSPS) is 19.2. The SMILES string of the molecule is [N-]=[N+]=NCC1CC(=O)N(c2ccncc2Cl)C1. The zero-order valence-electron chi connectivity index (χ0n) is 8.95. The Morgan fingerprint density at radius 1 is 1.71 bits per heavy atom. The molecule has 0 saturated carbocycles. The van der Waals surface area contributed by atoms with Gasteiger partial charge in [-0.3, -0.25) is 9.78 Å². The van der Waals surface area contributed by atoms with E-state index in [1.54, 1.807) is 17.2 Å². The van der Waals surface area contributed by atoms with E-state index < -0.39 is 0 Å². The molecule has 6 nitrogen and oxygen atoms in total. The minimum atomic E-state index is -0.00348. The molecule has 0 N–H and O–H groups in total. The summed E-state index contributed by atoms with van der Waals surface area (Å²) in [6, 6.07) is 1.70. The van der Waals surface area contributed by atoms with Crippen molar-refractivity contribution < 1.29 is 4.79 Å². The highest BCUT2D eigenvalue weighted by atomic mass is 35.5. The van der Waals surface area contributed by atoms with Crippen LogP contribution >= 0.6 is 11.6 Å². The smallest absolute Gasteiger partial charge is 0.227 e. The van der Waals surface area contributed by atoms with Crippen molar-refractivity contribution in [3.8, 4) is 0 Å². The van der Waals surface area contributed by atoms with Crippen LogP contribution in [0.25, 0.3) is 10.4 Å². The molecular weight excluding hydrogens is 242 g/mol. The van der Waals surface area contributed by atoms with Crippen LogP contribution in [0.1, 0.15) is 6.42 Å². The Labute approximate surface area is 103 Å². The summed E-state index contributed by atoms with van der Waals surface area (Å²) >= 11 is 5.98. The van der Waals surface area contributed by atoms with Gasteiger partial charge in [0.2, 0.25) is 5.91 Å². The van der Waals surface area contributed by atoms with Crippen molar-refractivity contribution in [1.29, 1.82) is 0 Å². The zero-order valence-corrected chi connectivity index (χ0v) is 9.71. The fourth-order valence-corrected chi connectivity index (χ4v) is 2.10. The van der Waals surface area contributed by atoms with Crippen molar-refractivity contribution in [2.24, 2.45) is 11.0 Å². The molecule has 1 aromatic heterocycles. The van der Waals surface area contributed by atoms with Gasteiger partial charge in [-0.15, -0.1) is 0 Å². The third-order valence-electron chi connectivity index (χ3n) is 2.65. The fraction of sp³-hybridized carbons (Fsp3) is 0.400. The molecule has 1 unspecified atom stereocenters. The van der Waals surface area contributed by atoms with Gasteiger partial charge in [0, 0.05) is 36.8 Å². The largest absolute Gasteiger partial charge is 0.311 e. The first-order valence-corrected chi connectivity index (χ1v) is 5.51. The lowest BCUT2D eigenvalue weighted by atomic mass is 10.1. The van der Waals surface area contributed by atoms with Crippen LogP contribution in [-0.4, -0.2) is 24.0 Å². The third-order valence-corrected chi connectivity index (χ3v) is 2.94. The van der Waals surface area contributed by atoms with Crippen molar-refractivity contribution in [1.82, 2.24) is 4.98 Å². The Morgan fingerprint density at radius 2 is 2.53 bits per heavy atom. The van der Waals surface area contributed by atoms with Gasteiger partial charge < -0.3 is 4.90 Å². The summed E-state index contributed by atoms with van der Waals surface area (Å²) in [5.41, 5.74) is 8.91. The monoisotopic (exact) mass is 251 g/mol. The molecule has 0 aromatic carbocycles. The first kappa shape index (κ1) is 11.7. The highest BCUT2D eigenvalue weighted by molar-refractivity contribution is 6.33. The van der Waals surface area contributed by atoms with Crippen LogP contribution in [0.15, 0.2) is 23.6 Å². The van der Waals surface area contributed by atoms with E-state index >= 15 is 0 Å². The highest BCUT2D eigenvalue weighted by Gasteiger charge is 2.31. The summed E-state index contributed by atoms with van der Waals surface area (Å²) < 4.78 is 0. The molecule has 88 valence electrons. The van der Waals surface area contributed by atoms with Gasteiger partial charge in [0.15, 0.2) is 0 Å². The lowest BCUT2D eigenvalue weighted by Crippen LogP contribution is -2.25. The molecule has 0 aliphatic carbocycles. The molecule has 0 bridgehead atoms. The topological polar surface area (TPSA) is 82.0 Å². The molecule has 0 radical (unpaired) electrons. The van der Waals surface area contributed by atoms with Crippen molar-refractivity contribution in [2.45, 2.75) is 6.42 Å². The molecule has 17 heavy (non-hydrogen) atoms. The Balaban J connectivity index is 2.16. The molecule has 1 aliphatic rings. The number of halogens is 1. The summed E-state index contributed by atoms with van der Waals surface area (Å²) in [6.07, 6.45) is 3.48.